The Hall–Kier alpha value is -3.52. The van der Waals surface area contributed by atoms with Crippen LogP contribution in [0.3, 0.4) is 0 Å². The summed E-state index contributed by atoms with van der Waals surface area (Å²) in [7, 11) is -2.15. The van der Waals surface area contributed by atoms with Crippen LogP contribution in [0.1, 0.15) is 27.8 Å². The van der Waals surface area contributed by atoms with Crippen molar-refractivity contribution >= 4 is 37.2 Å². The van der Waals surface area contributed by atoms with Gasteiger partial charge in [0.2, 0.25) is 6.16 Å². The van der Waals surface area contributed by atoms with Crippen molar-refractivity contribution in [2.75, 3.05) is 4.90 Å². The molecule has 0 aliphatic rings. The van der Waals surface area contributed by atoms with Crippen LogP contribution in [-0.4, -0.2) is 4.89 Å². The third-order valence-corrected chi connectivity index (χ3v) is 6.14. The van der Waals surface area contributed by atoms with Crippen molar-refractivity contribution < 1.29 is 9.46 Å². The first kappa shape index (κ1) is 22.7. The van der Waals surface area contributed by atoms with Crippen molar-refractivity contribution in [3.8, 4) is 0 Å². The summed E-state index contributed by atoms with van der Waals surface area (Å²) in [5.41, 5.74) is 8.85. The molecular formula is C29H27NO2P+. The SMILES string of the molecule is Cc1ccc(N(c2ccc(C)cc2)c2ccc(C=Cc3ccc(C[P+](=O)O)cc3)cc2)cc1. The van der Waals surface area contributed by atoms with E-state index in [1.165, 1.54) is 11.1 Å². The summed E-state index contributed by atoms with van der Waals surface area (Å²) in [5.74, 6) is 0. The van der Waals surface area contributed by atoms with E-state index in [1.807, 2.05) is 24.3 Å². The molecule has 3 nitrogen and oxygen atoms in total. The summed E-state index contributed by atoms with van der Waals surface area (Å²) >= 11 is 0. The number of benzene rings is 4. The van der Waals surface area contributed by atoms with Crippen molar-refractivity contribution in [2.45, 2.75) is 20.0 Å². The lowest BCUT2D eigenvalue weighted by Gasteiger charge is -2.25. The molecule has 0 bridgehead atoms. The Balaban J connectivity index is 1.57. The molecule has 0 fully saturated rings. The van der Waals surface area contributed by atoms with Gasteiger partial charge in [-0.25, -0.2) is 0 Å². The van der Waals surface area contributed by atoms with Crippen LogP contribution in [0.25, 0.3) is 12.2 Å². The molecule has 0 spiro atoms. The molecule has 164 valence electrons. The fourth-order valence-electron chi connectivity index (χ4n) is 3.65. The van der Waals surface area contributed by atoms with Gasteiger partial charge >= 0.3 is 8.03 Å². The molecule has 0 saturated heterocycles. The summed E-state index contributed by atoms with van der Waals surface area (Å²) < 4.78 is 11.0. The van der Waals surface area contributed by atoms with Crippen LogP contribution < -0.4 is 4.90 Å². The molecule has 4 aromatic rings. The van der Waals surface area contributed by atoms with Crippen LogP contribution in [0, 0.1) is 13.8 Å². The molecule has 4 rings (SSSR count). The van der Waals surface area contributed by atoms with Gasteiger partial charge < -0.3 is 4.90 Å². The summed E-state index contributed by atoms with van der Waals surface area (Å²) in [6, 6.07) is 33.4. The fourth-order valence-corrected chi connectivity index (χ4v) is 4.18. The molecular weight excluding hydrogens is 425 g/mol. The van der Waals surface area contributed by atoms with Crippen molar-refractivity contribution in [1.29, 1.82) is 0 Å². The third-order valence-electron chi connectivity index (χ3n) is 5.50. The topological polar surface area (TPSA) is 40.5 Å². The zero-order chi connectivity index (χ0) is 23.2. The van der Waals surface area contributed by atoms with Gasteiger partial charge in [-0.1, -0.05) is 83.9 Å². The second kappa shape index (κ2) is 10.4. The number of anilines is 3. The minimum absolute atomic E-state index is 0.194. The Morgan fingerprint density at radius 1 is 0.636 bits per heavy atom. The maximum Gasteiger partial charge on any atom is 0.510 e. The van der Waals surface area contributed by atoms with Gasteiger partial charge in [0.15, 0.2) is 0 Å². The number of rotatable bonds is 7. The molecule has 4 aromatic carbocycles. The van der Waals surface area contributed by atoms with Crippen LogP contribution >= 0.6 is 8.03 Å². The molecule has 0 amide bonds. The van der Waals surface area contributed by atoms with Crippen molar-refractivity contribution in [3.63, 3.8) is 0 Å². The molecule has 0 radical (unpaired) electrons. The van der Waals surface area contributed by atoms with E-state index in [2.05, 4.69) is 104 Å². The van der Waals surface area contributed by atoms with Crippen LogP contribution in [0.2, 0.25) is 0 Å². The van der Waals surface area contributed by atoms with E-state index in [0.29, 0.717) is 0 Å². The summed E-state index contributed by atoms with van der Waals surface area (Å²) in [6.07, 6.45) is 4.32. The molecule has 0 aliphatic heterocycles. The smallest absolute Gasteiger partial charge is 0.311 e. The van der Waals surface area contributed by atoms with Gasteiger partial charge in [-0.3, -0.25) is 0 Å². The highest BCUT2D eigenvalue weighted by Gasteiger charge is 2.12. The molecule has 0 aliphatic carbocycles. The average molecular weight is 453 g/mol. The minimum Gasteiger partial charge on any atom is -0.311 e. The predicted molar refractivity (Wildman–Crippen MR) is 139 cm³/mol. The highest BCUT2D eigenvalue weighted by Crippen LogP contribution is 2.35. The van der Waals surface area contributed by atoms with Crippen molar-refractivity contribution in [2.24, 2.45) is 0 Å². The second-order valence-electron chi connectivity index (χ2n) is 8.18. The molecule has 33 heavy (non-hydrogen) atoms. The van der Waals surface area contributed by atoms with Crippen molar-refractivity contribution in [3.05, 3.63) is 125 Å². The number of hydrogen-bond acceptors (Lipinski definition) is 2. The normalized spacial score (nSPS) is 11.5. The Bertz CT molecular complexity index is 1200. The van der Waals surface area contributed by atoms with E-state index in [9.17, 15) is 4.57 Å². The Morgan fingerprint density at radius 3 is 1.39 bits per heavy atom. The van der Waals surface area contributed by atoms with Gasteiger partial charge in [-0.2, -0.15) is 4.89 Å². The number of aryl methyl sites for hydroxylation is 2. The maximum atomic E-state index is 11.0. The standard InChI is InChI=1S/C29H26NO2P/c1-22-3-15-27(16-4-22)30(28-17-5-23(2)6-18-28)29-19-13-25(14-20-29)8-7-24-9-11-26(12-10-24)21-33(31)32/h3-20H,21H2,1-2H3/p+1. The van der Waals surface area contributed by atoms with Gasteiger partial charge in [-0.05, 0) is 65.9 Å². The first-order valence-corrected chi connectivity index (χ1v) is 12.3. The quantitative estimate of drug-likeness (QED) is 0.227. The first-order valence-electron chi connectivity index (χ1n) is 10.9. The third kappa shape index (κ3) is 6.04. The molecule has 4 heteroatoms. The predicted octanol–water partition coefficient (Wildman–Crippen LogP) is 8.18. The zero-order valence-corrected chi connectivity index (χ0v) is 19.7. The van der Waals surface area contributed by atoms with Gasteiger partial charge in [0.25, 0.3) is 0 Å². The first-order chi connectivity index (χ1) is 16.0. The molecule has 1 unspecified atom stereocenters. The fraction of sp³-hybridized carbons (Fsp3) is 0.103. The van der Waals surface area contributed by atoms with Crippen LogP contribution in [0.15, 0.2) is 97.1 Å². The highest BCUT2D eigenvalue weighted by atomic mass is 31.1. The molecule has 0 saturated carbocycles. The lowest BCUT2D eigenvalue weighted by Crippen LogP contribution is -2.09. The van der Waals surface area contributed by atoms with Crippen LogP contribution in [-0.2, 0) is 10.7 Å². The van der Waals surface area contributed by atoms with Gasteiger partial charge in [0.05, 0.1) is 0 Å². The molecule has 0 aromatic heterocycles. The van der Waals surface area contributed by atoms with E-state index >= 15 is 0 Å². The monoisotopic (exact) mass is 452 g/mol. The van der Waals surface area contributed by atoms with Crippen molar-refractivity contribution in [1.82, 2.24) is 0 Å². The Labute approximate surface area is 196 Å². The summed E-state index contributed by atoms with van der Waals surface area (Å²) in [6.45, 7) is 4.20. The highest BCUT2D eigenvalue weighted by molar-refractivity contribution is 7.37. The Kier molecular flexibility index (Phi) is 7.14. The van der Waals surface area contributed by atoms with E-state index in [4.69, 9.17) is 4.89 Å². The van der Waals surface area contributed by atoms with E-state index < -0.39 is 8.03 Å². The molecule has 1 atom stereocenters. The van der Waals surface area contributed by atoms with Gasteiger partial charge in [0.1, 0.15) is 0 Å². The molecule has 1 N–H and O–H groups in total. The summed E-state index contributed by atoms with van der Waals surface area (Å²) in [4.78, 5) is 11.3. The van der Waals surface area contributed by atoms with Gasteiger partial charge in [0, 0.05) is 22.6 Å². The van der Waals surface area contributed by atoms with E-state index in [1.54, 1.807) is 0 Å². The lowest BCUT2D eigenvalue weighted by molar-refractivity contribution is 0.502. The van der Waals surface area contributed by atoms with E-state index in [-0.39, 0.29) is 6.16 Å². The number of hydrogen-bond donors (Lipinski definition) is 1. The second-order valence-corrected chi connectivity index (χ2v) is 9.20. The minimum atomic E-state index is -2.15. The average Bonchev–Trinajstić information content (AvgIpc) is 2.82. The van der Waals surface area contributed by atoms with Crippen LogP contribution in [0.5, 0.6) is 0 Å². The number of nitrogens with zero attached hydrogens (tertiary/aromatic N) is 1. The zero-order valence-electron chi connectivity index (χ0n) is 18.8. The summed E-state index contributed by atoms with van der Waals surface area (Å²) in [5, 5.41) is 0. The largest absolute Gasteiger partial charge is 0.510 e. The van der Waals surface area contributed by atoms with Crippen LogP contribution in [0.4, 0.5) is 17.1 Å². The van der Waals surface area contributed by atoms with Gasteiger partial charge in [-0.15, -0.1) is 0 Å². The van der Waals surface area contributed by atoms with E-state index in [0.717, 1.165) is 33.8 Å². The Morgan fingerprint density at radius 2 is 1.00 bits per heavy atom. The lowest BCUT2D eigenvalue weighted by atomic mass is 10.1. The maximum absolute atomic E-state index is 11.0. The molecule has 0 heterocycles.